The van der Waals surface area contributed by atoms with Crippen LogP contribution in [0.3, 0.4) is 0 Å². The standard InChI is InChI=1S/C16H22N2O/c1-16(2,3)19-11-15(18-17)14-9-8-12-6-4-5-7-13(12)10-14/h4-10,15,18H,11,17H2,1-3H3. The van der Waals surface area contributed by atoms with Gasteiger partial charge in [-0.25, -0.2) is 0 Å². The fraction of sp³-hybridized carbons (Fsp3) is 0.375. The van der Waals surface area contributed by atoms with Gasteiger partial charge in [0, 0.05) is 0 Å². The monoisotopic (exact) mass is 258 g/mol. The van der Waals surface area contributed by atoms with Crippen molar-refractivity contribution in [3.63, 3.8) is 0 Å². The smallest absolute Gasteiger partial charge is 0.0694 e. The molecule has 0 fully saturated rings. The number of nitrogens with two attached hydrogens (primary N) is 1. The van der Waals surface area contributed by atoms with E-state index in [0.717, 1.165) is 5.56 Å². The summed E-state index contributed by atoms with van der Waals surface area (Å²) in [5.74, 6) is 5.65. The first-order valence-corrected chi connectivity index (χ1v) is 6.58. The fourth-order valence-corrected chi connectivity index (χ4v) is 2.00. The Balaban J connectivity index is 2.20. The van der Waals surface area contributed by atoms with Crippen molar-refractivity contribution in [1.82, 2.24) is 5.43 Å². The minimum Gasteiger partial charge on any atom is -0.374 e. The maximum atomic E-state index is 5.81. The molecule has 102 valence electrons. The summed E-state index contributed by atoms with van der Waals surface area (Å²) in [4.78, 5) is 0. The minimum absolute atomic E-state index is 0.00355. The molecule has 0 bridgehead atoms. The van der Waals surface area contributed by atoms with E-state index in [-0.39, 0.29) is 11.6 Å². The van der Waals surface area contributed by atoms with Gasteiger partial charge in [-0.15, -0.1) is 0 Å². The number of hydrogen-bond donors (Lipinski definition) is 2. The van der Waals surface area contributed by atoms with Crippen molar-refractivity contribution in [2.24, 2.45) is 5.84 Å². The van der Waals surface area contributed by atoms with Crippen LogP contribution in [0.5, 0.6) is 0 Å². The lowest BCUT2D eigenvalue weighted by atomic mass is 10.0. The van der Waals surface area contributed by atoms with Crippen molar-refractivity contribution in [3.8, 4) is 0 Å². The van der Waals surface area contributed by atoms with Gasteiger partial charge in [-0.05, 0) is 43.2 Å². The lowest BCUT2D eigenvalue weighted by Crippen LogP contribution is -2.34. The topological polar surface area (TPSA) is 47.3 Å². The van der Waals surface area contributed by atoms with Gasteiger partial charge in [-0.2, -0.15) is 0 Å². The van der Waals surface area contributed by atoms with E-state index in [1.54, 1.807) is 0 Å². The van der Waals surface area contributed by atoms with E-state index in [1.807, 2.05) is 32.9 Å². The second kappa shape index (κ2) is 5.70. The fourth-order valence-electron chi connectivity index (χ4n) is 2.00. The highest BCUT2D eigenvalue weighted by molar-refractivity contribution is 5.83. The zero-order chi connectivity index (χ0) is 13.9. The summed E-state index contributed by atoms with van der Waals surface area (Å²) in [5, 5.41) is 2.45. The predicted octanol–water partition coefficient (Wildman–Crippen LogP) is 3.16. The van der Waals surface area contributed by atoms with Gasteiger partial charge in [0.2, 0.25) is 0 Å². The molecule has 0 heterocycles. The minimum atomic E-state index is -0.161. The number of benzene rings is 2. The lowest BCUT2D eigenvalue weighted by molar-refractivity contribution is -0.0147. The van der Waals surface area contributed by atoms with Crippen molar-refractivity contribution >= 4 is 10.8 Å². The molecule has 3 nitrogen and oxygen atoms in total. The van der Waals surface area contributed by atoms with Gasteiger partial charge < -0.3 is 4.74 Å². The van der Waals surface area contributed by atoms with Gasteiger partial charge in [0.25, 0.3) is 0 Å². The molecule has 0 aliphatic heterocycles. The number of fused-ring (bicyclic) bond motifs is 1. The summed E-state index contributed by atoms with van der Waals surface area (Å²) in [5.41, 5.74) is 3.81. The Morgan fingerprint density at radius 2 is 1.79 bits per heavy atom. The zero-order valence-electron chi connectivity index (χ0n) is 11.8. The molecule has 3 N–H and O–H groups in total. The van der Waals surface area contributed by atoms with Crippen molar-refractivity contribution in [2.75, 3.05) is 6.61 Å². The van der Waals surface area contributed by atoms with Crippen molar-refractivity contribution < 1.29 is 4.74 Å². The molecule has 2 rings (SSSR count). The van der Waals surface area contributed by atoms with Crippen LogP contribution in [0.15, 0.2) is 42.5 Å². The van der Waals surface area contributed by atoms with E-state index in [4.69, 9.17) is 10.6 Å². The molecule has 0 aliphatic rings. The third kappa shape index (κ3) is 3.77. The van der Waals surface area contributed by atoms with E-state index in [2.05, 4.69) is 35.8 Å². The Hall–Kier alpha value is -1.42. The van der Waals surface area contributed by atoms with E-state index in [0.29, 0.717) is 6.61 Å². The Labute approximate surface area is 114 Å². The average molecular weight is 258 g/mol. The SMILES string of the molecule is CC(C)(C)OCC(NN)c1ccc2ccccc2c1. The van der Waals surface area contributed by atoms with Crippen LogP contribution in [0.2, 0.25) is 0 Å². The summed E-state index contributed by atoms with van der Waals surface area (Å²) < 4.78 is 5.81. The first-order chi connectivity index (χ1) is 8.99. The number of hydrazine groups is 1. The number of ether oxygens (including phenoxy) is 1. The van der Waals surface area contributed by atoms with E-state index >= 15 is 0 Å². The maximum absolute atomic E-state index is 5.81. The van der Waals surface area contributed by atoms with E-state index in [1.165, 1.54) is 10.8 Å². The average Bonchev–Trinajstić information content (AvgIpc) is 2.38. The van der Waals surface area contributed by atoms with Gasteiger partial charge >= 0.3 is 0 Å². The van der Waals surface area contributed by atoms with Crippen LogP contribution in [0.1, 0.15) is 32.4 Å². The maximum Gasteiger partial charge on any atom is 0.0694 e. The molecule has 0 spiro atoms. The Kier molecular flexibility index (Phi) is 4.20. The van der Waals surface area contributed by atoms with Crippen molar-refractivity contribution in [1.29, 1.82) is 0 Å². The molecule has 0 radical (unpaired) electrons. The highest BCUT2D eigenvalue weighted by atomic mass is 16.5. The molecule has 0 saturated heterocycles. The molecule has 2 aromatic carbocycles. The van der Waals surface area contributed by atoms with Gasteiger partial charge in [-0.3, -0.25) is 11.3 Å². The lowest BCUT2D eigenvalue weighted by Gasteiger charge is -2.24. The molecule has 1 unspecified atom stereocenters. The van der Waals surface area contributed by atoms with Crippen LogP contribution < -0.4 is 11.3 Å². The molecule has 19 heavy (non-hydrogen) atoms. The summed E-state index contributed by atoms with van der Waals surface area (Å²) >= 11 is 0. The largest absolute Gasteiger partial charge is 0.374 e. The van der Waals surface area contributed by atoms with Gasteiger partial charge in [-0.1, -0.05) is 36.4 Å². The van der Waals surface area contributed by atoms with Crippen LogP contribution >= 0.6 is 0 Å². The van der Waals surface area contributed by atoms with Crippen LogP contribution in [0.25, 0.3) is 10.8 Å². The Bertz CT molecular complexity index is 546. The van der Waals surface area contributed by atoms with Gasteiger partial charge in [0.05, 0.1) is 18.2 Å². The number of nitrogens with one attached hydrogen (secondary N) is 1. The molecule has 2 aromatic rings. The highest BCUT2D eigenvalue weighted by Gasteiger charge is 2.16. The molecule has 0 saturated carbocycles. The molecule has 1 atom stereocenters. The third-order valence-electron chi connectivity index (χ3n) is 3.06. The first-order valence-electron chi connectivity index (χ1n) is 6.58. The molecular formula is C16H22N2O. The molecule has 0 amide bonds. The summed E-state index contributed by atoms with van der Waals surface area (Å²) in [7, 11) is 0. The Morgan fingerprint density at radius 3 is 2.42 bits per heavy atom. The normalized spacial score (nSPS) is 13.7. The molecule has 0 aromatic heterocycles. The molecule has 3 heteroatoms. The summed E-state index contributed by atoms with van der Waals surface area (Å²) in [6.07, 6.45) is 0. The van der Waals surface area contributed by atoms with Crippen molar-refractivity contribution in [2.45, 2.75) is 32.4 Å². The summed E-state index contributed by atoms with van der Waals surface area (Å²) in [6.45, 7) is 6.68. The predicted molar refractivity (Wildman–Crippen MR) is 79.7 cm³/mol. The van der Waals surface area contributed by atoms with E-state index in [9.17, 15) is 0 Å². The van der Waals surface area contributed by atoms with Crippen molar-refractivity contribution in [3.05, 3.63) is 48.0 Å². The van der Waals surface area contributed by atoms with Gasteiger partial charge in [0.1, 0.15) is 0 Å². The number of hydrogen-bond acceptors (Lipinski definition) is 3. The van der Waals surface area contributed by atoms with E-state index < -0.39 is 0 Å². The van der Waals surface area contributed by atoms with Crippen LogP contribution in [-0.2, 0) is 4.74 Å². The number of rotatable bonds is 4. The van der Waals surface area contributed by atoms with Crippen LogP contribution in [0, 0.1) is 0 Å². The third-order valence-corrected chi connectivity index (χ3v) is 3.06. The summed E-state index contributed by atoms with van der Waals surface area (Å²) in [6, 6.07) is 14.7. The quantitative estimate of drug-likeness (QED) is 0.654. The van der Waals surface area contributed by atoms with Crippen LogP contribution in [0.4, 0.5) is 0 Å². The van der Waals surface area contributed by atoms with Crippen LogP contribution in [-0.4, -0.2) is 12.2 Å². The highest BCUT2D eigenvalue weighted by Crippen LogP contribution is 2.21. The second-order valence-corrected chi connectivity index (χ2v) is 5.75. The first kappa shape index (κ1) is 14.0. The zero-order valence-corrected chi connectivity index (χ0v) is 11.8. The Morgan fingerprint density at radius 1 is 1.11 bits per heavy atom. The molecule has 0 aliphatic carbocycles. The second-order valence-electron chi connectivity index (χ2n) is 5.75. The molecular weight excluding hydrogens is 236 g/mol. The van der Waals surface area contributed by atoms with Gasteiger partial charge in [0.15, 0.2) is 0 Å².